The van der Waals surface area contributed by atoms with Crippen LogP contribution >= 0.6 is 11.6 Å². The van der Waals surface area contributed by atoms with Crippen LogP contribution in [0.3, 0.4) is 0 Å². The van der Waals surface area contributed by atoms with E-state index >= 15 is 0 Å². The first kappa shape index (κ1) is 17.8. The first-order valence-electron chi connectivity index (χ1n) is 9.73. The van der Waals surface area contributed by atoms with E-state index < -0.39 is 0 Å². The molecule has 0 radical (unpaired) electrons. The summed E-state index contributed by atoms with van der Waals surface area (Å²) in [6.45, 7) is 2.11. The van der Waals surface area contributed by atoms with Crippen molar-refractivity contribution in [3.05, 3.63) is 114 Å². The molecule has 1 nitrogen and oxygen atoms in total. The molecule has 2 heteroatoms. The Balaban J connectivity index is 1.89. The van der Waals surface area contributed by atoms with Gasteiger partial charge in [-0.3, -0.25) is 0 Å². The Hall–Kier alpha value is -3.29. The van der Waals surface area contributed by atoms with E-state index in [2.05, 4.69) is 103 Å². The molecule has 5 aromatic rings. The van der Waals surface area contributed by atoms with Crippen molar-refractivity contribution in [2.45, 2.75) is 6.92 Å². The molecule has 0 saturated heterocycles. The minimum atomic E-state index is 0.736. The van der Waals surface area contributed by atoms with Crippen molar-refractivity contribution in [2.24, 2.45) is 0 Å². The normalized spacial score (nSPS) is 11.1. The first-order chi connectivity index (χ1) is 14.2. The average molecular weight is 394 g/mol. The van der Waals surface area contributed by atoms with Gasteiger partial charge in [-0.05, 0) is 60.2 Å². The maximum Gasteiger partial charge on any atom is 0.0618 e. The summed E-state index contributed by atoms with van der Waals surface area (Å²) in [5.74, 6) is 0. The second kappa shape index (κ2) is 7.27. The highest BCUT2D eigenvalue weighted by Crippen LogP contribution is 2.43. The minimum Gasteiger partial charge on any atom is -0.309 e. The second-order valence-electron chi connectivity index (χ2n) is 7.31. The zero-order valence-electron chi connectivity index (χ0n) is 16.1. The summed E-state index contributed by atoms with van der Waals surface area (Å²) in [6.07, 6.45) is 0. The molecular weight excluding hydrogens is 374 g/mol. The summed E-state index contributed by atoms with van der Waals surface area (Å²) < 4.78 is 0. The van der Waals surface area contributed by atoms with E-state index in [4.69, 9.17) is 11.6 Å². The highest BCUT2D eigenvalue weighted by Gasteiger charge is 2.18. The van der Waals surface area contributed by atoms with Gasteiger partial charge >= 0.3 is 0 Å². The summed E-state index contributed by atoms with van der Waals surface area (Å²) in [4.78, 5) is 2.33. The maximum atomic E-state index is 6.20. The predicted molar refractivity (Wildman–Crippen MR) is 126 cm³/mol. The van der Waals surface area contributed by atoms with Crippen LogP contribution in [0.2, 0.25) is 5.02 Å². The average Bonchev–Trinajstić information content (AvgIpc) is 2.76. The van der Waals surface area contributed by atoms with Gasteiger partial charge in [-0.15, -0.1) is 0 Å². The van der Waals surface area contributed by atoms with Crippen LogP contribution in [0.4, 0.5) is 17.1 Å². The van der Waals surface area contributed by atoms with Crippen molar-refractivity contribution < 1.29 is 0 Å². The molecule has 5 aromatic carbocycles. The van der Waals surface area contributed by atoms with Gasteiger partial charge in [-0.25, -0.2) is 0 Å². The number of fused-ring (bicyclic) bond motifs is 2. The fourth-order valence-electron chi connectivity index (χ4n) is 3.92. The third kappa shape index (κ3) is 3.24. The van der Waals surface area contributed by atoms with E-state index in [9.17, 15) is 0 Å². The smallest absolute Gasteiger partial charge is 0.0618 e. The van der Waals surface area contributed by atoms with Crippen molar-refractivity contribution in [2.75, 3.05) is 4.90 Å². The lowest BCUT2D eigenvalue weighted by Gasteiger charge is -2.28. The number of nitrogens with zero attached hydrogens (tertiary/aromatic N) is 1. The van der Waals surface area contributed by atoms with Gasteiger partial charge in [0.05, 0.1) is 5.69 Å². The molecule has 0 unspecified atom stereocenters. The summed E-state index contributed by atoms with van der Waals surface area (Å²) in [6, 6.07) is 36.2. The highest BCUT2D eigenvalue weighted by molar-refractivity contribution is 6.30. The lowest BCUT2D eigenvalue weighted by atomic mass is 9.99. The quantitative estimate of drug-likeness (QED) is 0.278. The molecule has 0 aliphatic rings. The molecule has 5 rings (SSSR count). The van der Waals surface area contributed by atoms with Gasteiger partial charge in [0.2, 0.25) is 0 Å². The van der Waals surface area contributed by atoms with E-state index in [0.717, 1.165) is 16.4 Å². The summed E-state index contributed by atoms with van der Waals surface area (Å²) >= 11 is 6.20. The first-order valence-corrected chi connectivity index (χ1v) is 10.1. The topological polar surface area (TPSA) is 3.24 Å². The van der Waals surface area contributed by atoms with Gasteiger partial charge in [0.1, 0.15) is 0 Å². The number of benzene rings is 5. The summed E-state index contributed by atoms with van der Waals surface area (Å²) in [5, 5.41) is 5.64. The fourth-order valence-corrected chi connectivity index (χ4v) is 4.05. The van der Waals surface area contributed by atoms with Gasteiger partial charge in [0, 0.05) is 27.2 Å². The largest absolute Gasteiger partial charge is 0.309 e. The third-order valence-corrected chi connectivity index (χ3v) is 5.60. The Morgan fingerprint density at radius 3 is 1.62 bits per heavy atom. The predicted octanol–water partition coefficient (Wildman–Crippen LogP) is 8.42. The lowest BCUT2D eigenvalue weighted by molar-refractivity contribution is 1.30. The Morgan fingerprint density at radius 1 is 0.586 bits per heavy atom. The Labute approximate surface area is 175 Å². The molecular formula is C27H20ClN. The zero-order valence-corrected chi connectivity index (χ0v) is 16.9. The van der Waals surface area contributed by atoms with Crippen LogP contribution < -0.4 is 4.90 Å². The number of hydrogen-bond acceptors (Lipinski definition) is 1. The van der Waals surface area contributed by atoms with Crippen LogP contribution in [0, 0.1) is 6.92 Å². The van der Waals surface area contributed by atoms with Crippen LogP contribution in [0.5, 0.6) is 0 Å². The van der Waals surface area contributed by atoms with Crippen LogP contribution in [0.15, 0.2) is 103 Å². The molecule has 0 spiro atoms. The van der Waals surface area contributed by atoms with Gasteiger partial charge in [-0.1, -0.05) is 77.8 Å². The van der Waals surface area contributed by atoms with Crippen molar-refractivity contribution >= 4 is 50.2 Å². The molecule has 0 aromatic heterocycles. The Bertz CT molecular complexity index is 1210. The number of halogens is 1. The Kier molecular flexibility index (Phi) is 4.46. The molecule has 0 amide bonds. The van der Waals surface area contributed by atoms with E-state index in [1.54, 1.807) is 0 Å². The lowest BCUT2D eigenvalue weighted by Crippen LogP contribution is -2.11. The molecule has 0 saturated carbocycles. The SMILES string of the molecule is Cc1ccc(N(c2ccc(Cl)cc2)c2c3ccccc3cc3ccccc23)cc1. The molecule has 29 heavy (non-hydrogen) atoms. The van der Waals surface area contributed by atoms with Crippen molar-refractivity contribution in [3.8, 4) is 0 Å². The van der Waals surface area contributed by atoms with Crippen LogP contribution in [0.25, 0.3) is 21.5 Å². The van der Waals surface area contributed by atoms with Gasteiger partial charge < -0.3 is 4.90 Å². The second-order valence-corrected chi connectivity index (χ2v) is 7.75. The fraction of sp³-hybridized carbons (Fsp3) is 0.0370. The molecule has 0 atom stereocenters. The molecule has 0 bridgehead atoms. The number of anilines is 3. The third-order valence-electron chi connectivity index (χ3n) is 5.34. The monoisotopic (exact) mass is 393 g/mol. The van der Waals surface area contributed by atoms with E-state index in [-0.39, 0.29) is 0 Å². The molecule has 140 valence electrons. The van der Waals surface area contributed by atoms with Crippen molar-refractivity contribution in [1.82, 2.24) is 0 Å². The molecule has 0 heterocycles. The van der Waals surface area contributed by atoms with Gasteiger partial charge in [0.25, 0.3) is 0 Å². The van der Waals surface area contributed by atoms with Crippen molar-refractivity contribution in [1.29, 1.82) is 0 Å². The van der Waals surface area contributed by atoms with Crippen LogP contribution in [-0.4, -0.2) is 0 Å². The Morgan fingerprint density at radius 2 is 1.07 bits per heavy atom. The number of rotatable bonds is 3. The molecule has 0 fully saturated rings. The maximum absolute atomic E-state index is 6.20. The summed E-state index contributed by atoms with van der Waals surface area (Å²) in [5.41, 5.74) is 4.64. The highest BCUT2D eigenvalue weighted by atomic mass is 35.5. The van der Waals surface area contributed by atoms with Crippen LogP contribution in [-0.2, 0) is 0 Å². The minimum absolute atomic E-state index is 0.736. The number of aryl methyl sites for hydroxylation is 1. The van der Waals surface area contributed by atoms with E-state index in [1.807, 2.05) is 12.1 Å². The zero-order chi connectivity index (χ0) is 19.8. The standard InChI is InChI=1S/C27H20ClN/c1-19-10-14-23(15-11-19)29(24-16-12-22(28)13-17-24)27-25-8-4-2-6-20(25)18-21-7-3-5-9-26(21)27/h2-18H,1H3. The van der Waals surface area contributed by atoms with Crippen LogP contribution in [0.1, 0.15) is 5.56 Å². The molecule has 0 aliphatic heterocycles. The summed E-state index contributed by atoms with van der Waals surface area (Å²) in [7, 11) is 0. The van der Waals surface area contributed by atoms with Gasteiger partial charge in [0.15, 0.2) is 0 Å². The van der Waals surface area contributed by atoms with Crippen molar-refractivity contribution in [3.63, 3.8) is 0 Å². The molecule has 0 N–H and O–H groups in total. The van der Waals surface area contributed by atoms with E-state index in [0.29, 0.717) is 0 Å². The van der Waals surface area contributed by atoms with E-state index in [1.165, 1.54) is 32.8 Å². The number of hydrogen-bond donors (Lipinski definition) is 0. The van der Waals surface area contributed by atoms with Gasteiger partial charge in [-0.2, -0.15) is 0 Å². The molecule has 0 aliphatic carbocycles.